The first kappa shape index (κ1) is 26.4. The maximum absolute atomic E-state index is 14.3. The Balaban J connectivity index is 1.17. The van der Waals surface area contributed by atoms with E-state index in [0.29, 0.717) is 24.5 Å². The Hall–Kier alpha value is -1.64. The summed E-state index contributed by atoms with van der Waals surface area (Å²) in [4.78, 5) is 0. The third kappa shape index (κ3) is 7.20. The van der Waals surface area contributed by atoms with Crippen LogP contribution in [0.1, 0.15) is 96.5 Å². The minimum atomic E-state index is -0.847. The molecule has 1 aromatic carbocycles. The molecule has 0 radical (unpaired) electrons. The molecule has 35 heavy (non-hydrogen) atoms. The highest BCUT2D eigenvalue weighted by molar-refractivity contribution is 5.31. The van der Waals surface area contributed by atoms with Crippen molar-refractivity contribution in [2.24, 2.45) is 35.5 Å². The summed E-state index contributed by atoms with van der Waals surface area (Å²) in [7, 11) is 0. The third-order valence-corrected chi connectivity index (χ3v) is 9.18. The molecule has 0 saturated heterocycles. The van der Waals surface area contributed by atoms with Crippen LogP contribution in [0.4, 0.5) is 8.78 Å². The van der Waals surface area contributed by atoms with Crippen molar-refractivity contribution in [2.45, 2.75) is 97.3 Å². The van der Waals surface area contributed by atoms with Gasteiger partial charge in [-0.15, -0.1) is 0 Å². The number of rotatable bonds is 9. The van der Waals surface area contributed by atoms with Crippen molar-refractivity contribution >= 4 is 0 Å². The van der Waals surface area contributed by atoms with Gasteiger partial charge in [0, 0.05) is 5.92 Å². The Morgan fingerprint density at radius 2 is 1.51 bits per heavy atom. The minimum absolute atomic E-state index is 0.0341. The van der Waals surface area contributed by atoms with Gasteiger partial charge >= 0.3 is 0 Å². The molecular weight excluding hydrogens is 438 g/mol. The summed E-state index contributed by atoms with van der Waals surface area (Å²) in [5, 5.41) is 0. The molecule has 0 aromatic heterocycles. The molecule has 2 unspecified atom stereocenters. The summed E-state index contributed by atoms with van der Waals surface area (Å²) in [5.74, 6) is 2.92. The molecule has 4 rings (SSSR count). The number of ether oxygens (including phenoxy) is 1. The van der Waals surface area contributed by atoms with Gasteiger partial charge in [0.15, 0.2) is 11.6 Å². The number of hydrogen-bond donors (Lipinski definition) is 0. The van der Waals surface area contributed by atoms with Gasteiger partial charge in [-0.2, -0.15) is 4.39 Å². The summed E-state index contributed by atoms with van der Waals surface area (Å²) < 4.78 is 34.2. The Labute approximate surface area is 212 Å². The van der Waals surface area contributed by atoms with Crippen LogP contribution in [0.2, 0.25) is 0 Å². The summed E-state index contributed by atoms with van der Waals surface area (Å²) in [6.07, 6.45) is 25.7. The highest BCUT2D eigenvalue weighted by atomic mass is 19.2. The molecule has 0 heterocycles. The van der Waals surface area contributed by atoms with Crippen molar-refractivity contribution in [1.29, 1.82) is 0 Å². The Kier molecular flexibility index (Phi) is 9.86. The Morgan fingerprint density at radius 3 is 2.14 bits per heavy atom. The second-order valence-corrected chi connectivity index (χ2v) is 11.5. The number of benzene rings is 1. The Bertz CT molecular complexity index is 843. The van der Waals surface area contributed by atoms with E-state index in [-0.39, 0.29) is 11.7 Å². The molecule has 0 bridgehead atoms. The smallest absolute Gasteiger partial charge is 0.200 e. The zero-order valence-corrected chi connectivity index (χ0v) is 22.0. The second-order valence-electron chi connectivity index (χ2n) is 11.5. The average molecular weight is 485 g/mol. The highest BCUT2D eigenvalue weighted by Crippen LogP contribution is 2.42. The quantitative estimate of drug-likeness (QED) is 0.317. The van der Waals surface area contributed by atoms with E-state index in [2.05, 4.69) is 31.2 Å². The van der Waals surface area contributed by atoms with Gasteiger partial charge in [-0.1, -0.05) is 69.9 Å². The molecule has 0 spiro atoms. The van der Waals surface area contributed by atoms with Crippen molar-refractivity contribution in [3.05, 3.63) is 53.6 Å². The van der Waals surface area contributed by atoms with Gasteiger partial charge in [-0.05, 0) is 99.0 Å². The first-order chi connectivity index (χ1) is 17.1. The van der Waals surface area contributed by atoms with Crippen molar-refractivity contribution in [3.63, 3.8) is 0 Å². The molecule has 2 atom stereocenters. The van der Waals surface area contributed by atoms with E-state index in [1.165, 1.54) is 57.8 Å². The van der Waals surface area contributed by atoms with Gasteiger partial charge in [0.2, 0.25) is 5.82 Å². The topological polar surface area (TPSA) is 9.23 Å². The predicted octanol–water partition coefficient (Wildman–Crippen LogP) is 9.46. The van der Waals surface area contributed by atoms with E-state index in [4.69, 9.17) is 4.74 Å². The fraction of sp³-hybridized carbons (Fsp3) is 0.688. The molecule has 2 saturated carbocycles. The standard InChI is InChI=1S/C32H46F2O/c1-3-5-29-20-21-30(32(34)31(29)33)35-22-26-10-8-24(9-11-26)6-7-25-14-18-28(19-15-25)27-16-12-23(4-2)13-17-27/h6-8,10,20-21,23-28H,3-5,9,11-19,22H2,1-2H3. The molecule has 3 aliphatic carbocycles. The fourth-order valence-electron chi connectivity index (χ4n) is 6.72. The van der Waals surface area contributed by atoms with Crippen LogP contribution < -0.4 is 4.74 Å². The number of aryl methyl sites for hydroxylation is 1. The number of allylic oxidation sites excluding steroid dienone is 3. The van der Waals surface area contributed by atoms with Gasteiger partial charge in [-0.25, -0.2) is 4.39 Å². The lowest BCUT2D eigenvalue weighted by Gasteiger charge is -2.37. The summed E-state index contributed by atoms with van der Waals surface area (Å²) in [6.45, 7) is 4.72. The SMILES string of the molecule is CCCc1ccc(OCC2C=CC(C=CC3CCC(C4CCC(CC)CC4)CC3)CC2)c(F)c1F. The van der Waals surface area contributed by atoms with Gasteiger partial charge < -0.3 is 4.74 Å². The van der Waals surface area contributed by atoms with Crippen molar-refractivity contribution < 1.29 is 13.5 Å². The molecular formula is C32H46F2O. The van der Waals surface area contributed by atoms with E-state index in [1.54, 1.807) is 12.1 Å². The van der Waals surface area contributed by atoms with Crippen molar-refractivity contribution in [1.82, 2.24) is 0 Å². The third-order valence-electron chi connectivity index (χ3n) is 9.18. The van der Waals surface area contributed by atoms with E-state index in [0.717, 1.165) is 42.9 Å². The molecule has 1 nitrogen and oxygen atoms in total. The van der Waals surface area contributed by atoms with Crippen LogP contribution in [0.5, 0.6) is 5.75 Å². The molecule has 0 N–H and O–H groups in total. The summed E-state index contributed by atoms with van der Waals surface area (Å²) in [6, 6.07) is 3.23. The molecule has 2 fully saturated rings. The highest BCUT2D eigenvalue weighted by Gasteiger charge is 2.30. The van der Waals surface area contributed by atoms with Gasteiger partial charge in [0.25, 0.3) is 0 Å². The fourth-order valence-corrected chi connectivity index (χ4v) is 6.72. The van der Waals surface area contributed by atoms with E-state index in [1.807, 2.05) is 6.92 Å². The van der Waals surface area contributed by atoms with Crippen molar-refractivity contribution in [3.8, 4) is 5.75 Å². The molecule has 3 aliphatic rings. The van der Waals surface area contributed by atoms with Crippen molar-refractivity contribution in [2.75, 3.05) is 6.61 Å². The van der Waals surface area contributed by atoms with Crippen LogP contribution in [0.3, 0.4) is 0 Å². The molecule has 0 amide bonds. The second kappa shape index (κ2) is 13.1. The van der Waals surface area contributed by atoms with E-state index >= 15 is 0 Å². The summed E-state index contributed by atoms with van der Waals surface area (Å²) >= 11 is 0. The first-order valence-corrected chi connectivity index (χ1v) is 14.5. The van der Waals surface area contributed by atoms with Crippen LogP contribution in [0.25, 0.3) is 0 Å². The molecule has 0 aliphatic heterocycles. The van der Waals surface area contributed by atoms with E-state index < -0.39 is 11.6 Å². The average Bonchev–Trinajstić information content (AvgIpc) is 2.91. The first-order valence-electron chi connectivity index (χ1n) is 14.5. The largest absolute Gasteiger partial charge is 0.490 e. The maximum Gasteiger partial charge on any atom is 0.200 e. The van der Waals surface area contributed by atoms with Crippen LogP contribution in [-0.4, -0.2) is 6.61 Å². The predicted molar refractivity (Wildman–Crippen MR) is 142 cm³/mol. The minimum Gasteiger partial charge on any atom is -0.490 e. The van der Waals surface area contributed by atoms with Gasteiger partial charge in [-0.3, -0.25) is 0 Å². The van der Waals surface area contributed by atoms with Crippen LogP contribution in [0.15, 0.2) is 36.4 Å². The molecule has 1 aromatic rings. The van der Waals surface area contributed by atoms with Crippen LogP contribution >= 0.6 is 0 Å². The number of hydrogen-bond acceptors (Lipinski definition) is 1. The lowest BCUT2D eigenvalue weighted by atomic mass is 9.69. The molecule has 194 valence electrons. The van der Waals surface area contributed by atoms with Gasteiger partial charge in [0.05, 0.1) is 6.61 Å². The van der Waals surface area contributed by atoms with Crippen LogP contribution in [0, 0.1) is 47.1 Å². The maximum atomic E-state index is 14.3. The molecule has 3 heteroatoms. The lowest BCUT2D eigenvalue weighted by molar-refractivity contribution is 0.154. The van der Waals surface area contributed by atoms with Gasteiger partial charge in [0.1, 0.15) is 0 Å². The zero-order chi connectivity index (χ0) is 24.6. The monoisotopic (exact) mass is 484 g/mol. The van der Waals surface area contributed by atoms with E-state index in [9.17, 15) is 8.78 Å². The number of halogens is 2. The normalized spacial score (nSPS) is 31.7. The summed E-state index contributed by atoms with van der Waals surface area (Å²) in [5.41, 5.74) is 0.428. The van der Waals surface area contributed by atoms with Crippen LogP contribution in [-0.2, 0) is 6.42 Å². The Morgan fingerprint density at radius 1 is 0.800 bits per heavy atom. The lowest BCUT2D eigenvalue weighted by Crippen LogP contribution is -2.25. The zero-order valence-electron chi connectivity index (χ0n) is 22.0.